The van der Waals surface area contributed by atoms with Gasteiger partial charge in [-0.05, 0) is 43.3 Å². The zero-order chi connectivity index (χ0) is 17.7. The molecule has 124 valence electrons. The van der Waals surface area contributed by atoms with Gasteiger partial charge in [0.2, 0.25) is 5.78 Å². The first-order chi connectivity index (χ1) is 11.4. The number of aliphatic hydroxyl groups excluding tert-OH is 2. The Kier molecular flexibility index (Phi) is 5.39. The van der Waals surface area contributed by atoms with E-state index in [1.54, 1.807) is 12.1 Å². The normalized spacial score (nSPS) is 15.8. The number of amides is 1. The van der Waals surface area contributed by atoms with Crippen LogP contribution < -0.4 is 5.32 Å². The molecule has 0 saturated heterocycles. The van der Waals surface area contributed by atoms with E-state index in [1.165, 1.54) is 19.1 Å². The summed E-state index contributed by atoms with van der Waals surface area (Å²) in [6.45, 7) is 1.14. The molecule has 1 aromatic rings. The molecule has 1 amide bonds. The molecule has 3 N–H and O–H groups in total. The van der Waals surface area contributed by atoms with E-state index in [1.807, 2.05) is 0 Å². The number of carbonyl (C=O) groups excluding carboxylic acids is 3. The van der Waals surface area contributed by atoms with Crippen molar-refractivity contribution in [3.05, 3.63) is 53.3 Å². The summed E-state index contributed by atoms with van der Waals surface area (Å²) in [7, 11) is 0. The summed E-state index contributed by atoms with van der Waals surface area (Å²) < 4.78 is 0. The number of hydrogen-bond donors (Lipinski definition) is 3. The van der Waals surface area contributed by atoms with Gasteiger partial charge in [0.1, 0.15) is 17.0 Å². The maximum atomic E-state index is 12.1. The van der Waals surface area contributed by atoms with Gasteiger partial charge in [0.15, 0.2) is 5.78 Å². The van der Waals surface area contributed by atoms with Crippen molar-refractivity contribution in [3.8, 4) is 0 Å². The number of nitrogens with zero attached hydrogens (tertiary/aromatic N) is 1. The van der Waals surface area contributed by atoms with Crippen LogP contribution in [0.5, 0.6) is 0 Å². The molecule has 2 rings (SSSR count). The van der Waals surface area contributed by atoms with Gasteiger partial charge >= 0.3 is 0 Å². The molecule has 0 bridgehead atoms. The first-order valence-corrected chi connectivity index (χ1v) is 7.19. The Morgan fingerprint density at radius 2 is 1.83 bits per heavy atom. The molecule has 0 aromatic heterocycles. The molecule has 7 heteroatoms. The van der Waals surface area contributed by atoms with Gasteiger partial charge in [0.05, 0.1) is 12.3 Å². The fraction of sp³-hybridized carbons (Fsp3) is 0.176. The number of Topliss-reactive ketones (excluding diaryl/α,β-unsaturated/α-hetero) is 1. The third-order valence-electron chi connectivity index (χ3n) is 3.26. The van der Waals surface area contributed by atoms with E-state index in [-0.39, 0.29) is 36.0 Å². The molecule has 1 aliphatic carbocycles. The summed E-state index contributed by atoms with van der Waals surface area (Å²) in [5, 5.41) is 21.1. The zero-order valence-electron chi connectivity index (χ0n) is 12.9. The highest BCUT2D eigenvalue weighted by molar-refractivity contribution is 6.56. The lowest BCUT2D eigenvalue weighted by atomic mass is 9.98. The quantitative estimate of drug-likeness (QED) is 0.551. The average Bonchev–Trinajstić information content (AvgIpc) is 2.56. The van der Waals surface area contributed by atoms with Gasteiger partial charge in [-0.15, -0.1) is 0 Å². The minimum atomic E-state index is -0.710. The second-order valence-corrected chi connectivity index (χ2v) is 5.00. The second kappa shape index (κ2) is 7.47. The lowest BCUT2D eigenvalue weighted by molar-refractivity contribution is -0.117. The molecule has 0 unspecified atom stereocenters. The molecule has 1 aliphatic rings. The first-order valence-electron chi connectivity index (χ1n) is 7.19. The van der Waals surface area contributed by atoms with Gasteiger partial charge in [-0.3, -0.25) is 14.4 Å². The van der Waals surface area contributed by atoms with E-state index in [9.17, 15) is 19.5 Å². The van der Waals surface area contributed by atoms with E-state index >= 15 is 0 Å². The molecule has 0 aliphatic heterocycles. The largest absolute Gasteiger partial charge is 0.507 e. The number of allylic oxidation sites excluding steroid dienone is 2. The van der Waals surface area contributed by atoms with Crippen molar-refractivity contribution in [1.29, 1.82) is 0 Å². The van der Waals surface area contributed by atoms with Crippen LogP contribution in [0, 0.1) is 0 Å². The van der Waals surface area contributed by atoms with Crippen molar-refractivity contribution in [2.75, 3.05) is 13.2 Å². The zero-order valence-corrected chi connectivity index (χ0v) is 12.9. The van der Waals surface area contributed by atoms with Crippen molar-refractivity contribution < 1.29 is 24.6 Å². The smallest absolute Gasteiger partial charge is 0.257 e. The molecule has 0 spiro atoms. The number of carbonyl (C=O) groups is 3. The second-order valence-electron chi connectivity index (χ2n) is 5.00. The van der Waals surface area contributed by atoms with Crippen molar-refractivity contribution >= 4 is 28.9 Å². The molecular formula is C17H16N2O5. The fourth-order valence-corrected chi connectivity index (χ4v) is 2.05. The monoisotopic (exact) mass is 328 g/mol. The van der Waals surface area contributed by atoms with Gasteiger partial charge in [-0.25, -0.2) is 4.99 Å². The van der Waals surface area contributed by atoms with Crippen molar-refractivity contribution in [1.82, 2.24) is 5.32 Å². The van der Waals surface area contributed by atoms with E-state index in [4.69, 9.17) is 5.11 Å². The van der Waals surface area contributed by atoms with Crippen LogP contribution in [-0.4, -0.2) is 46.6 Å². The van der Waals surface area contributed by atoms with Gasteiger partial charge in [-0.2, -0.15) is 0 Å². The number of ketones is 2. The summed E-state index contributed by atoms with van der Waals surface area (Å²) in [6, 6.07) is 6.19. The van der Waals surface area contributed by atoms with Gasteiger partial charge in [0.25, 0.3) is 5.91 Å². The van der Waals surface area contributed by atoms with Crippen LogP contribution in [0.4, 0.5) is 5.69 Å². The van der Waals surface area contributed by atoms with Gasteiger partial charge in [0, 0.05) is 12.1 Å². The van der Waals surface area contributed by atoms with Crippen LogP contribution in [0.3, 0.4) is 0 Å². The Hall–Kier alpha value is -3.06. The highest BCUT2D eigenvalue weighted by atomic mass is 16.3. The first kappa shape index (κ1) is 17.3. The van der Waals surface area contributed by atoms with Crippen LogP contribution >= 0.6 is 0 Å². The maximum Gasteiger partial charge on any atom is 0.257 e. The minimum absolute atomic E-state index is 0.0197. The number of benzene rings is 1. The molecule has 0 radical (unpaired) electrons. The summed E-state index contributed by atoms with van der Waals surface area (Å²) in [5.74, 6) is -1.73. The molecule has 0 fully saturated rings. The Morgan fingerprint density at radius 1 is 1.17 bits per heavy atom. The highest BCUT2D eigenvalue weighted by Crippen LogP contribution is 2.20. The van der Waals surface area contributed by atoms with E-state index < -0.39 is 11.7 Å². The molecule has 24 heavy (non-hydrogen) atoms. The number of rotatable bonds is 5. The predicted octanol–water partition coefficient (Wildman–Crippen LogP) is 1.02. The van der Waals surface area contributed by atoms with E-state index in [0.717, 1.165) is 12.2 Å². The maximum absolute atomic E-state index is 12.1. The van der Waals surface area contributed by atoms with Crippen molar-refractivity contribution in [2.45, 2.75) is 6.92 Å². The van der Waals surface area contributed by atoms with Gasteiger partial charge in [-0.1, -0.05) is 0 Å². The lowest BCUT2D eigenvalue weighted by Crippen LogP contribution is -2.34. The SMILES string of the molecule is CC(=O)c1ccc(N=C2C(=O)C=CC(O)=C2C(=O)NCCO)cc1. The Bertz CT molecular complexity index is 773. The molecular weight excluding hydrogens is 312 g/mol. The molecule has 1 aromatic carbocycles. The van der Waals surface area contributed by atoms with E-state index in [2.05, 4.69) is 10.3 Å². The molecule has 0 heterocycles. The summed E-state index contributed by atoms with van der Waals surface area (Å²) in [6.07, 6.45) is 2.23. The third-order valence-corrected chi connectivity index (χ3v) is 3.26. The third kappa shape index (κ3) is 3.82. The Labute approximate surface area is 138 Å². The number of nitrogens with one attached hydrogen (secondary N) is 1. The Morgan fingerprint density at radius 3 is 2.42 bits per heavy atom. The predicted molar refractivity (Wildman–Crippen MR) is 87.4 cm³/mol. The van der Waals surface area contributed by atoms with Crippen molar-refractivity contribution in [2.24, 2.45) is 4.99 Å². The van der Waals surface area contributed by atoms with Gasteiger partial charge < -0.3 is 15.5 Å². The number of aliphatic hydroxyl groups is 2. The van der Waals surface area contributed by atoms with Crippen LogP contribution in [0.25, 0.3) is 0 Å². The number of aliphatic imine (C=N–C) groups is 1. The lowest BCUT2D eigenvalue weighted by Gasteiger charge is -2.13. The minimum Gasteiger partial charge on any atom is -0.507 e. The molecule has 0 saturated carbocycles. The van der Waals surface area contributed by atoms with Crippen molar-refractivity contribution in [3.63, 3.8) is 0 Å². The van der Waals surface area contributed by atoms with Crippen LogP contribution in [0.1, 0.15) is 17.3 Å². The summed E-state index contributed by atoms with van der Waals surface area (Å²) in [5.41, 5.74) is 0.389. The fourth-order valence-electron chi connectivity index (χ4n) is 2.05. The summed E-state index contributed by atoms with van der Waals surface area (Å²) >= 11 is 0. The molecule has 0 atom stereocenters. The number of hydrogen-bond acceptors (Lipinski definition) is 6. The Balaban J connectivity index is 2.40. The molecule has 7 nitrogen and oxygen atoms in total. The average molecular weight is 328 g/mol. The van der Waals surface area contributed by atoms with E-state index in [0.29, 0.717) is 11.3 Å². The standard InChI is InChI=1S/C17H16N2O5/c1-10(21)11-2-4-12(5-3-11)19-16-14(23)7-6-13(22)15(16)17(24)18-8-9-20/h2-7,20,22H,8-9H2,1H3,(H,18,24). The van der Waals surface area contributed by atoms with Crippen LogP contribution in [0.15, 0.2) is 52.7 Å². The highest BCUT2D eigenvalue weighted by Gasteiger charge is 2.27. The van der Waals surface area contributed by atoms with Crippen LogP contribution in [0.2, 0.25) is 0 Å². The van der Waals surface area contributed by atoms with Crippen LogP contribution in [-0.2, 0) is 9.59 Å². The topological polar surface area (TPSA) is 116 Å². The summed E-state index contributed by atoms with van der Waals surface area (Å²) in [4.78, 5) is 39.6.